The Kier molecular flexibility index (Phi) is 5.31. The molecule has 1 aliphatic rings. The summed E-state index contributed by atoms with van der Waals surface area (Å²) < 4.78 is 5.12. The number of nitrogens with zero attached hydrogens (tertiary/aromatic N) is 1. The first-order chi connectivity index (χ1) is 11.7. The van der Waals surface area contributed by atoms with Crippen molar-refractivity contribution in [2.75, 3.05) is 12.4 Å². The number of rotatable bonds is 6. The zero-order valence-corrected chi connectivity index (χ0v) is 13.9. The van der Waals surface area contributed by atoms with Crippen LogP contribution in [0, 0.1) is 0 Å². The van der Waals surface area contributed by atoms with Gasteiger partial charge in [0.25, 0.3) is 5.91 Å². The zero-order valence-electron chi connectivity index (χ0n) is 13.9. The summed E-state index contributed by atoms with van der Waals surface area (Å²) in [5.74, 6) is 0.635. The lowest BCUT2D eigenvalue weighted by Gasteiger charge is -2.13. The van der Waals surface area contributed by atoms with Gasteiger partial charge in [0.1, 0.15) is 11.4 Å². The Balaban J connectivity index is 1.52. The highest BCUT2D eigenvalue weighted by Gasteiger charge is 2.15. The largest absolute Gasteiger partial charge is 0.497 e. The van der Waals surface area contributed by atoms with Crippen molar-refractivity contribution in [2.45, 2.75) is 38.3 Å². The smallest absolute Gasteiger partial charge is 0.270 e. The molecule has 1 aromatic heterocycles. The van der Waals surface area contributed by atoms with Gasteiger partial charge in [-0.15, -0.1) is 0 Å². The van der Waals surface area contributed by atoms with Gasteiger partial charge >= 0.3 is 0 Å². The Labute approximate surface area is 142 Å². The number of pyridine rings is 1. The normalized spacial score (nSPS) is 14.4. The monoisotopic (exact) mass is 325 g/mol. The predicted octanol–water partition coefficient (Wildman–Crippen LogP) is 3.37. The average Bonchev–Trinajstić information content (AvgIpc) is 3.14. The van der Waals surface area contributed by atoms with Gasteiger partial charge in [-0.25, -0.2) is 4.98 Å². The molecule has 5 heteroatoms. The number of hydrogen-bond acceptors (Lipinski definition) is 4. The molecule has 0 radical (unpaired) electrons. The SMILES string of the molecule is COc1ccc(CNC(=O)c2ccc(NC3CCCC3)cn2)cc1. The number of anilines is 1. The quantitative estimate of drug-likeness (QED) is 0.855. The third kappa shape index (κ3) is 4.25. The van der Waals surface area contributed by atoms with Gasteiger partial charge in [-0.1, -0.05) is 25.0 Å². The van der Waals surface area contributed by atoms with Gasteiger partial charge < -0.3 is 15.4 Å². The minimum atomic E-state index is -0.168. The first-order valence-corrected chi connectivity index (χ1v) is 8.38. The molecule has 0 saturated heterocycles. The van der Waals surface area contributed by atoms with Crippen LogP contribution in [-0.2, 0) is 6.54 Å². The first kappa shape index (κ1) is 16.3. The van der Waals surface area contributed by atoms with Crippen molar-refractivity contribution in [1.82, 2.24) is 10.3 Å². The Morgan fingerprint density at radius 2 is 1.92 bits per heavy atom. The maximum Gasteiger partial charge on any atom is 0.270 e. The molecule has 24 heavy (non-hydrogen) atoms. The number of carbonyl (C=O) groups excluding carboxylic acids is 1. The van der Waals surface area contributed by atoms with Crippen LogP contribution in [0.5, 0.6) is 5.75 Å². The predicted molar refractivity (Wildman–Crippen MR) is 94.3 cm³/mol. The number of nitrogens with one attached hydrogen (secondary N) is 2. The summed E-state index contributed by atoms with van der Waals surface area (Å²) in [6, 6.07) is 11.9. The Morgan fingerprint density at radius 3 is 2.54 bits per heavy atom. The van der Waals surface area contributed by atoms with E-state index < -0.39 is 0 Å². The average molecular weight is 325 g/mol. The summed E-state index contributed by atoms with van der Waals surface area (Å²) in [7, 11) is 1.63. The second-order valence-corrected chi connectivity index (χ2v) is 6.09. The van der Waals surface area contributed by atoms with E-state index in [1.165, 1.54) is 25.7 Å². The summed E-state index contributed by atoms with van der Waals surface area (Å²) in [6.07, 6.45) is 6.74. The van der Waals surface area contributed by atoms with E-state index >= 15 is 0 Å². The molecule has 1 aliphatic carbocycles. The molecule has 1 fully saturated rings. The van der Waals surface area contributed by atoms with Crippen LogP contribution in [0.2, 0.25) is 0 Å². The highest BCUT2D eigenvalue weighted by molar-refractivity contribution is 5.92. The Hall–Kier alpha value is -2.56. The molecule has 0 unspecified atom stereocenters. The molecule has 126 valence electrons. The van der Waals surface area contributed by atoms with E-state index in [0.29, 0.717) is 18.3 Å². The van der Waals surface area contributed by atoms with Crippen LogP contribution < -0.4 is 15.4 Å². The molecule has 1 heterocycles. The standard InChI is InChI=1S/C19H23N3O2/c1-24-17-9-6-14(7-10-17)12-21-19(23)18-11-8-16(13-20-18)22-15-4-2-3-5-15/h6-11,13,15,22H,2-5,12H2,1H3,(H,21,23). The number of amides is 1. The van der Waals surface area contributed by atoms with Crippen LogP contribution in [0.15, 0.2) is 42.6 Å². The zero-order chi connectivity index (χ0) is 16.8. The van der Waals surface area contributed by atoms with Crippen molar-refractivity contribution in [3.63, 3.8) is 0 Å². The van der Waals surface area contributed by atoms with Crippen molar-refractivity contribution in [1.29, 1.82) is 0 Å². The Morgan fingerprint density at radius 1 is 1.17 bits per heavy atom. The minimum absolute atomic E-state index is 0.168. The third-order valence-electron chi connectivity index (χ3n) is 4.33. The fourth-order valence-electron chi connectivity index (χ4n) is 2.94. The van der Waals surface area contributed by atoms with Crippen molar-refractivity contribution < 1.29 is 9.53 Å². The molecule has 1 aromatic carbocycles. The van der Waals surface area contributed by atoms with Crippen LogP contribution in [0.4, 0.5) is 5.69 Å². The van der Waals surface area contributed by atoms with Gasteiger partial charge in [0.05, 0.1) is 19.0 Å². The lowest BCUT2D eigenvalue weighted by atomic mass is 10.2. The molecule has 2 aromatic rings. The molecular weight excluding hydrogens is 302 g/mol. The molecule has 1 saturated carbocycles. The van der Waals surface area contributed by atoms with Crippen molar-refractivity contribution in [3.8, 4) is 5.75 Å². The van der Waals surface area contributed by atoms with Crippen LogP contribution in [0.1, 0.15) is 41.7 Å². The van der Waals surface area contributed by atoms with Crippen molar-refractivity contribution in [3.05, 3.63) is 53.9 Å². The first-order valence-electron chi connectivity index (χ1n) is 8.38. The second kappa shape index (κ2) is 7.81. The van der Waals surface area contributed by atoms with E-state index in [2.05, 4.69) is 15.6 Å². The molecule has 0 atom stereocenters. The van der Waals surface area contributed by atoms with E-state index in [4.69, 9.17) is 4.74 Å². The summed E-state index contributed by atoms with van der Waals surface area (Å²) in [5.41, 5.74) is 2.43. The fraction of sp³-hybridized carbons (Fsp3) is 0.368. The molecule has 1 amide bonds. The molecule has 5 nitrogen and oxygen atoms in total. The van der Waals surface area contributed by atoms with Crippen LogP contribution in [-0.4, -0.2) is 24.0 Å². The number of carbonyl (C=O) groups is 1. The summed E-state index contributed by atoms with van der Waals surface area (Å²) >= 11 is 0. The molecule has 2 N–H and O–H groups in total. The number of ether oxygens (including phenoxy) is 1. The maximum absolute atomic E-state index is 12.2. The second-order valence-electron chi connectivity index (χ2n) is 6.09. The van der Waals surface area contributed by atoms with E-state index in [-0.39, 0.29) is 5.91 Å². The number of hydrogen-bond donors (Lipinski definition) is 2. The van der Waals surface area contributed by atoms with Gasteiger partial charge in [-0.2, -0.15) is 0 Å². The van der Waals surface area contributed by atoms with Crippen molar-refractivity contribution in [2.24, 2.45) is 0 Å². The maximum atomic E-state index is 12.2. The van der Waals surface area contributed by atoms with Crippen molar-refractivity contribution >= 4 is 11.6 Å². The highest BCUT2D eigenvalue weighted by Crippen LogP contribution is 2.21. The number of benzene rings is 1. The molecule has 0 aliphatic heterocycles. The van der Waals surface area contributed by atoms with Crippen LogP contribution >= 0.6 is 0 Å². The summed E-state index contributed by atoms with van der Waals surface area (Å²) in [5, 5.41) is 6.35. The minimum Gasteiger partial charge on any atom is -0.497 e. The van der Waals surface area contributed by atoms with Crippen LogP contribution in [0.25, 0.3) is 0 Å². The topological polar surface area (TPSA) is 63.2 Å². The Bertz CT molecular complexity index is 662. The van der Waals surface area contributed by atoms with E-state index in [9.17, 15) is 4.79 Å². The molecule has 0 spiro atoms. The number of methoxy groups -OCH3 is 1. The van der Waals surface area contributed by atoms with Gasteiger partial charge in [-0.3, -0.25) is 4.79 Å². The summed E-state index contributed by atoms with van der Waals surface area (Å²) in [6.45, 7) is 0.465. The van der Waals surface area contributed by atoms with Crippen LogP contribution in [0.3, 0.4) is 0 Å². The lowest BCUT2D eigenvalue weighted by molar-refractivity contribution is 0.0946. The third-order valence-corrected chi connectivity index (χ3v) is 4.33. The van der Waals surface area contributed by atoms with Gasteiger partial charge in [0.2, 0.25) is 0 Å². The van der Waals surface area contributed by atoms with E-state index in [0.717, 1.165) is 17.0 Å². The fourth-order valence-corrected chi connectivity index (χ4v) is 2.94. The van der Waals surface area contributed by atoms with E-state index in [1.807, 2.05) is 30.3 Å². The molecule has 3 rings (SSSR count). The van der Waals surface area contributed by atoms with E-state index in [1.54, 1.807) is 19.4 Å². The number of aromatic nitrogens is 1. The summed E-state index contributed by atoms with van der Waals surface area (Å²) in [4.78, 5) is 16.4. The molecule has 0 bridgehead atoms. The molecular formula is C19H23N3O2. The van der Waals surface area contributed by atoms with Gasteiger partial charge in [0, 0.05) is 12.6 Å². The van der Waals surface area contributed by atoms with Gasteiger partial charge in [0.15, 0.2) is 0 Å². The highest BCUT2D eigenvalue weighted by atomic mass is 16.5. The van der Waals surface area contributed by atoms with Gasteiger partial charge in [-0.05, 0) is 42.7 Å². The lowest BCUT2D eigenvalue weighted by Crippen LogP contribution is -2.24.